The Bertz CT molecular complexity index is 371. The lowest BCUT2D eigenvalue weighted by atomic mass is 10.0. The predicted octanol–water partition coefficient (Wildman–Crippen LogP) is 3.10. The second kappa shape index (κ2) is 6.45. The van der Waals surface area contributed by atoms with Crippen molar-refractivity contribution in [2.75, 3.05) is 19.0 Å². The zero-order chi connectivity index (χ0) is 12.8. The SMILES string of the molecule is C=Cc1cc(CC(O)CCC)ccc1N(C)C. The van der Waals surface area contributed by atoms with Crippen LogP contribution in [0.4, 0.5) is 5.69 Å². The summed E-state index contributed by atoms with van der Waals surface area (Å²) in [7, 11) is 4.04. The van der Waals surface area contributed by atoms with Gasteiger partial charge in [-0.1, -0.05) is 32.1 Å². The van der Waals surface area contributed by atoms with Crippen LogP contribution in [0.3, 0.4) is 0 Å². The van der Waals surface area contributed by atoms with Crippen molar-refractivity contribution in [3.63, 3.8) is 0 Å². The van der Waals surface area contributed by atoms with Crippen molar-refractivity contribution in [1.29, 1.82) is 0 Å². The Morgan fingerprint density at radius 1 is 1.41 bits per heavy atom. The molecule has 0 saturated heterocycles. The Kier molecular flexibility index (Phi) is 5.23. The average molecular weight is 233 g/mol. The highest BCUT2D eigenvalue weighted by Gasteiger charge is 2.07. The molecule has 1 unspecified atom stereocenters. The van der Waals surface area contributed by atoms with Gasteiger partial charge in [0.1, 0.15) is 0 Å². The minimum absolute atomic E-state index is 0.233. The quantitative estimate of drug-likeness (QED) is 0.816. The molecule has 0 aliphatic rings. The summed E-state index contributed by atoms with van der Waals surface area (Å²) in [5, 5.41) is 9.81. The number of aliphatic hydroxyl groups excluding tert-OH is 1. The average Bonchev–Trinajstić information content (AvgIpc) is 2.28. The van der Waals surface area contributed by atoms with E-state index in [1.165, 1.54) is 5.56 Å². The van der Waals surface area contributed by atoms with Gasteiger partial charge in [-0.25, -0.2) is 0 Å². The molecular formula is C15H23NO. The minimum Gasteiger partial charge on any atom is -0.393 e. The van der Waals surface area contributed by atoms with Crippen molar-refractivity contribution in [3.05, 3.63) is 35.9 Å². The third-order valence-electron chi connectivity index (χ3n) is 2.89. The summed E-state index contributed by atoms with van der Waals surface area (Å²) in [4.78, 5) is 2.07. The van der Waals surface area contributed by atoms with Crippen molar-refractivity contribution in [3.8, 4) is 0 Å². The molecule has 0 aliphatic heterocycles. The topological polar surface area (TPSA) is 23.5 Å². The molecule has 0 saturated carbocycles. The molecule has 1 aromatic carbocycles. The van der Waals surface area contributed by atoms with Crippen LogP contribution in [-0.2, 0) is 6.42 Å². The van der Waals surface area contributed by atoms with E-state index in [2.05, 4.69) is 36.6 Å². The van der Waals surface area contributed by atoms with Gasteiger partial charge in [-0.2, -0.15) is 0 Å². The summed E-state index contributed by atoms with van der Waals surface area (Å²) in [5.74, 6) is 0. The summed E-state index contributed by atoms with van der Waals surface area (Å²) < 4.78 is 0. The molecule has 1 atom stereocenters. The molecule has 2 heteroatoms. The van der Waals surface area contributed by atoms with Crippen molar-refractivity contribution >= 4 is 11.8 Å². The van der Waals surface area contributed by atoms with Crippen LogP contribution in [0.2, 0.25) is 0 Å². The lowest BCUT2D eigenvalue weighted by Crippen LogP contribution is -2.12. The van der Waals surface area contributed by atoms with E-state index in [9.17, 15) is 5.11 Å². The van der Waals surface area contributed by atoms with Crippen LogP contribution in [0.5, 0.6) is 0 Å². The van der Waals surface area contributed by atoms with Gasteiger partial charge >= 0.3 is 0 Å². The van der Waals surface area contributed by atoms with Crippen LogP contribution < -0.4 is 4.90 Å². The molecule has 0 bridgehead atoms. The second-order valence-electron chi connectivity index (χ2n) is 4.64. The molecule has 1 N–H and O–H groups in total. The van der Waals surface area contributed by atoms with Gasteiger partial charge < -0.3 is 10.0 Å². The zero-order valence-corrected chi connectivity index (χ0v) is 11.1. The van der Waals surface area contributed by atoms with Gasteiger partial charge in [-0.3, -0.25) is 0 Å². The number of aliphatic hydroxyl groups is 1. The van der Waals surface area contributed by atoms with E-state index in [0.29, 0.717) is 0 Å². The number of benzene rings is 1. The fraction of sp³-hybridized carbons (Fsp3) is 0.467. The number of rotatable bonds is 6. The molecule has 1 aromatic rings. The zero-order valence-electron chi connectivity index (χ0n) is 11.1. The Morgan fingerprint density at radius 3 is 2.65 bits per heavy atom. The molecular weight excluding hydrogens is 210 g/mol. The lowest BCUT2D eigenvalue weighted by molar-refractivity contribution is 0.164. The van der Waals surface area contributed by atoms with E-state index >= 15 is 0 Å². The third-order valence-corrected chi connectivity index (χ3v) is 2.89. The van der Waals surface area contributed by atoms with Gasteiger partial charge in [0.2, 0.25) is 0 Å². The van der Waals surface area contributed by atoms with Gasteiger partial charge in [0.25, 0.3) is 0 Å². The van der Waals surface area contributed by atoms with E-state index in [0.717, 1.165) is 30.5 Å². The van der Waals surface area contributed by atoms with Crippen LogP contribution in [0, 0.1) is 0 Å². The first kappa shape index (κ1) is 13.8. The van der Waals surface area contributed by atoms with Crippen LogP contribution in [0.25, 0.3) is 6.08 Å². The smallest absolute Gasteiger partial charge is 0.0580 e. The molecule has 1 rings (SSSR count). The summed E-state index contributed by atoms with van der Waals surface area (Å²) in [6, 6.07) is 6.29. The molecule has 0 fully saturated rings. The first-order chi connectivity index (χ1) is 8.08. The van der Waals surface area contributed by atoms with E-state index in [-0.39, 0.29) is 6.10 Å². The highest BCUT2D eigenvalue weighted by atomic mass is 16.3. The van der Waals surface area contributed by atoms with Crippen molar-refractivity contribution in [2.24, 2.45) is 0 Å². The third kappa shape index (κ3) is 3.90. The Labute approximate surface area is 105 Å². The Balaban J connectivity index is 2.86. The van der Waals surface area contributed by atoms with Crippen LogP contribution >= 0.6 is 0 Å². The first-order valence-electron chi connectivity index (χ1n) is 6.19. The molecule has 0 aliphatic carbocycles. The molecule has 0 aromatic heterocycles. The van der Waals surface area contributed by atoms with Crippen LogP contribution in [0.1, 0.15) is 30.9 Å². The predicted molar refractivity (Wildman–Crippen MR) is 75.5 cm³/mol. The normalized spacial score (nSPS) is 12.2. The summed E-state index contributed by atoms with van der Waals surface area (Å²) in [6.45, 7) is 5.93. The summed E-state index contributed by atoms with van der Waals surface area (Å²) >= 11 is 0. The monoisotopic (exact) mass is 233 g/mol. The molecule has 0 amide bonds. The van der Waals surface area contributed by atoms with E-state index in [1.54, 1.807) is 0 Å². The second-order valence-corrected chi connectivity index (χ2v) is 4.64. The number of nitrogens with zero attached hydrogens (tertiary/aromatic N) is 1. The van der Waals surface area contributed by atoms with Crippen molar-refractivity contribution < 1.29 is 5.11 Å². The number of hydrogen-bond acceptors (Lipinski definition) is 2. The highest BCUT2D eigenvalue weighted by Crippen LogP contribution is 2.22. The van der Waals surface area contributed by atoms with E-state index < -0.39 is 0 Å². The Morgan fingerprint density at radius 2 is 2.12 bits per heavy atom. The van der Waals surface area contributed by atoms with Crippen molar-refractivity contribution in [2.45, 2.75) is 32.3 Å². The van der Waals surface area contributed by atoms with Crippen LogP contribution in [0.15, 0.2) is 24.8 Å². The fourth-order valence-electron chi connectivity index (χ4n) is 2.01. The lowest BCUT2D eigenvalue weighted by Gasteiger charge is -2.17. The Hall–Kier alpha value is -1.28. The van der Waals surface area contributed by atoms with Crippen LogP contribution in [-0.4, -0.2) is 25.3 Å². The molecule has 94 valence electrons. The fourth-order valence-corrected chi connectivity index (χ4v) is 2.01. The van der Waals surface area contributed by atoms with Gasteiger partial charge in [-0.05, 0) is 36.1 Å². The minimum atomic E-state index is -0.233. The number of hydrogen-bond donors (Lipinski definition) is 1. The van der Waals surface area contributed by atoms with Gasteiger partial charge in [-0.15, -0.1) is 0 Å². The molecule has 0 spiro atoms. The largest absolute Gasteiger partial charge is 0.393 e. The van der Waals surface area contributed by atoms with Gasteiger partial charge in [0.15, 0.2) is 0 Å². The summed E-state index contributed by atoms with van der Waals surface area (Å²) in [6.07, 6.45) is 4.24. The molecule has 17 heavy (non-hydrogen) atoms. The van der Waals surface area contributed by atoms with E-state index in [4.69, 9.17) is 0 Å². The molecule has 0 radical (unpaired) electrons. The summed E-state index contributed by atoms with van der Waals surface area (Å²) in [5.41, 5.74) is 3.45. The maximum Gasteiger partial charge on any atom is 0.0580 e. The van der Waals surface area contributed by atoms with E-state index in [1.807, 2.05) is 20.2 Å². The van der Waals surface area contributed by atoms with Gasteiger partial charge in [0, 0.05) is 19.8 Å². The highest BCUT2D eigenvalue weighted by molar-refractivity contribution is 5.67. The van der Waals surface area contributed by atoms with Crippen molar-refractivity contribution in [1.82, 2.24) is 0 Å². The standard InChI is InChI=1S/C15H23NO/c1-5-7-14(17)11-12-8-9-15(16(3)4)13(6-2)10-12/h6,8-10,14,17H,2,5,7,11H2,1,3-4H3. The maximum atomic E-state index is 9.81. The number of anilines is 1. The van der Waals surface area contributed by atoms with Gasteiger partial charge in [0.05, 0.1) is 6.10 Å². The molecule has 2 nitrogen and oxygen atoms in total. The molecule has 0 heterocycles. The maximum absolute atomic E-state index is 9.81. The first-order valence-corrected chi connectivity index (χ1v) is 6.19.